The molecule has 21 heavy (non-hydrogen) atoms. The van der Waals surface area contributed by atoms with E-state index in [0.717, 1.165) is 16.7 Å². The SMILES string of the molecule is CC(=N\O)/C(=C/c1ccc(C(C)C)cc1)c1ccccc1. The molecule has 0 saturated heterocycles. The molecule has 0 aliphatic heterocycles. The Morgan fingerprint density at radius 3 is 2.14 bits per heavy atom. The zero-order valence-electron chi connectivity index (χ0n) is 12.7. The molecule has 0 atom stereocenters. The van der Waals surface area contributed by atoms with Crippen molar-refractivity contribution in [2.75, 3.05) is 0 Å². The molecule has 0 aliphatic rings. The largest absolute Gasteiger partial charge is 0.411 e. The van der Waals surface area contributed by atoms with Gasteiger partial charge in [0.2, 0.25) is 0 Å². The zero-order valence-corrected chi connectivity index (χ0v) is 12.7. The normalized spacial score (nSPS) is 12.8. The maximum atomic E-state index is 9.11. The molecule has 0 fully saturated rings. The van der Waals surface area contributed by atoms with Crippen LogP contribution in [0, 0.1) is 0 Å². The Labute approximate surface area is 126 Å². The van der Waals surface area contributed by atoms with Gasteiger partial charge >= 0.3 is 0 Å². The second kappa shape index (κ2) is 6.89. The van der Waals surface area contributed by atoms with Gasteiger partial charge in [-0.25, -0.2) is 0 Å². The monoisotopic (exact) mass is 279 g/mol. The van der Waals surface area contributed by atoms with Crippen molar-refractivity contribution in [3.05, 3.63) is 71.3 Å². The molecule has 2 nitrogen and oxygen atoms in total. The van der Waals surface area contributed by atoms with Gasteiger partial charge in [-0.15, -0.1) is 0 Å². The van der Waals surface area contributed by atoms with Crippen molar-refractivity contribution in [1.82, 2.24) is 0 Å². The van der Waals surface area contributed by atoms with E-state index in [9.17, 15) is 0 Å². The minimum absolute atomic E-state index is 0.525. The molecule has 0 aliphatic carbocycles. The molecule has 0 bridgehead atoms. The average Bonchev–Trinajstić information content (AvgIpc) is 2.53. The highest BCUT2D eigenvalue weighted by Crippen LogP contribution is 2.21. The van der Waals surface area contributed by atoms with Crippen molar-refractivity contribution in [2.45, 2.75) is 26.7 Å². The van der Waals surface area contributed by atoms with Gasteiger partial charge in [0.1, 0.15) is 0 Å². The molecule has 0 aromatic heterocycles. The first kappa shape index (κ1) is 15.0. The van der Waals surface area contributed by atoms with Crippen LogP contribution >= 0.6 is 0 Å². The summed E-state index contributed by atoms with van der Waals surface area (Å²) in [6, 6.07) is 18.5. The quantitative estimate of drug-likeness (QED) is 0.355. The summed E-state index contributed by atoms with van der Waals surface area (Å²) < 4.78 is 0. The third-order valence-electron chi connectivity index (χ3n) is 3.54. The van der Waals surface area contributed by atoms with Crippen LogP contribution in [0.2, 0.25) is 0 Å². The number of hydrogen-bond donors (Lipinski definition) is 1. The second-order valence-electron chi connectivity index (χ2n) is 5.43. The lowest BCUT2D eigenvalue weighted by Gasteiger charge is -2.08. The standard InChI is InChI=1S/C19H21NO/c1-14(2)17-11-9-16(10-12-17)13-19(15(3)20-21)18-7-5-4-6-8-18/h4-14,21H,1-3H3/b19-13-,20-15+. The van der Waals surface area contributed by atoms with Crippen LogP contribution < -0.4 is 0 Å². The Bertz CT molecular complexity index is 637. The van der Waals surface area contributed by atoms with Crippen molar-refractivity contribution < 1.29 is 5.21 Å². The maximum absolute atomic E-state index is 9.11. The zero-order chi connectivity index (χ0) is 15.2. The van der Waals surface area contributed by atoms with Crippen LogP contribution in [-0.4, -0.2) is 10.9 Å². The van der Waals surface area contributed by atoms with Crippen LogP contribution in [0.25, 0.3) is 11.6 Å². The number of oxime groups is 1. The molecule has 1 N–H and O–H groups in total. The summed E-state index contributed by atoms with van der Waals surface area (Å²) in [5, 5.41) is 12.5. The minimum atomic E-state index is 0.525. The van der Waals surface area contributed by atoms with Crippen molar-refractivity contribution in [2.24, 2.45) is 5.16 Å². The Morgan fingerprint density at radius 2 is 1.62 bits per heavy atom. The summed E-state index contributed by atoms with van der Waals surface area (Å²) >= 11 is 0. The number of allylic oxidation sites excluding steroid dienone is 1. The van der Waals surface area contributed by atoms with Gasteiger partial charge in [0, 0.05) is 5.57 Å². The molecule has 0 heterocycles. The highest BCUT2D eigenvalue weighted by atomic mass is 16.4. The Morgan fingerprint density at radius 1 is 1.00 bits per heavy atom. The Kier molecular flexibility index (Phi) is 4.94. The number of hydrogen-bond acceptors (Lipinski definition) is 2. The van der Waals surface area contributed by atoms with E-state index in [-0.39, 0.29) is 0 Å². The van der Waals surface area contributed by atoms with Gasteiger partial charge in [-0.1, -0.05) is 73.6 Å². The summed E-state index contributed by atoms with van der Waals surface area (Å²) in [7, 11) is 0. The molecule has 0 unspecified atom stereocenters. The lowest BCUT2D eigenvalue weighted by Crippen LogP contribution is -1.97. The van der Waals surface area contributed by atoms with E-state index in [1.54, 1.807) is 6.92 Å². The van der Waals surface area contributed by atoms with Gasteiger partial charge in [-0.2, -0.15) is 0 Å². The van der Waals surface area contributed by atoms with E-state index < -0.39 is 0 Å². The molecule has 2 aromatic carbocycles. The van der Waals surface area contributed by atoms with E-state index in [4.69, 9.17) is 5.21 Å². The second-order valence-corrected chi connectivity index (χ2v) is 5.43. The third-order valence-corrected chi connectivity index (χ3v) is 3.54. The summed E-state index contributed by atoms with van der Waals surface area (Å²) in [6.07, 6.45) is 2.05. The summed E-state index contributed by atoms with van der Waals surface area (Å²) in [4.78, 5) is 0. The van der Waals surface area contributed by atoms with Crippen LogP contribution in [0.4, 0.5) is 0 Å². The fourth-order valence-electron chi connectivity index (χ4n) is 2.21. The van der Waals surface area contributed by atoms with Crippen molar-refractivity contribution in [1.29, 1.82) is 0 Å². The van der Waals surface area contributed by atoms with E-state index in [1.807, 2.05) is 30.3 Å². The lowest BCUT2D eigenvalue weighted by atomic mass is 9.97. The fourth-order valence-corrected chi connectivity index (χ4v) is 2.21. The predicted octanol–water partition coefficient (Wildman–Crippen LogP) is 5.20. The van der Waals surface area contributed by atoms with E-state index in [0.29, 0.717) is 11.6 Å². The number of rotatable bonds is 4. The molecule has 0 amide bonds. The first-order valence-electron chi connectivity index (χ1n) is 7.18. The van der Waals surface area contributed by atoms with Crippen LogP contribution in [0.5, 0.6) is 0 Å². The highest BCUT2D eigenvalue weighted by Gasteiger charge is 2.06. The van der Waals surface area contributed by atoms with E-state index in [1.165, 1.54) is 5.56 Å². The maximum Gasteiger partial charge on any atom is 0.0843 e. The molecule has 2 rings (SSSR count). The predicted molar refractivity (Wildman–Crippen MR) is 89.7 cm³/mol. The van der Waals surface area contributed by atoms with Gasteiger partial charge in [0.25, 0.3) is 0 Å². The van der Waals surface area contributed by atoms with Crippen LogP contribution in [-0.2, 0) is 0 Å². The fraction of sp³-hybridized carbons (Fsp3) is 0.211. The van der Waals surface area contributed by atoms with Gasteiger partial charge in [0.15, 0.2) is 0 Å². The molecule has 0 spiro atoms. The third kappa shape index (κ3) is 3.82. The molecular formula is C19H21NO. The van der Waals surface area contributed by atoms with E-state index >= 15 is 0 Å². The van der Waals surface area contributed by atoms with Gasteiger partial charge < -0.3 is 5.21 Å². The van der Waals surface area contributed by atoms with Crippen LogP contribution in [0.3, 0.4) is 0 Å². The molecule has 2 aromatic rings. The average molecular weight is 279 g/mol. The van der Waals surface area contributed by atoms with Crippen molar-refractivity contribution >= 4 is 17.4 Å². The van der Waals surface area contributed by atoms with Crippen LogP contribution in [0.1, 0.15) is 43.4 Å². The van der Waals surface area contributed by atoms with Crippen molar-refractivity contribution in [3.8, 4) is 0 Å². The van der Waals surface area contributed by atoms with E-state index in [2.05, 4.69) is 49.3 Å². The van der Waals surface area contributed by atoms with Crippen LogP contribution in [0.15, 0.2) is 59.8 Å². The molecule has 0 radical (unpaired) electrons. The summed E-state index contributed by atoms with van der Waals surface area (Å²) in [5.74, 6) is 0.525. The number of nitrogens with zero attached hydrogens (tertiary/aromatic N) is 1. The lowest BCUT2D eigenvalue weighted by molar-refractivity contribution is 0.319. The minimum Gasteiger partial charge on any atom is -0.411 e. The number of benzene rings is 2. The van der Waals surface area contributed by atoms with Gasteiger partial charge in [-0.3, -0.25) is 0 Å². The topological polar surface area (TPSA) is 32.6 Å². The first-order chi connectivity index (χ1) is 10.1. The Hall–Kier alpha value is -2.35. The smallest absolute Gasteiger partial charge is 0.0843 e. The van der Waals surface area contributed by atoms with Crippen molar-refractivity contribution in [3.63, 3.8) is 0 Å². The Balaban J connectivity index is 2.41. The molecular weight excluding hydrogens is 258 g/mol. The van der Waals surface area contributed by atoms with Gasteiger partial charge in [0.05, 0.1) is 5.71 Å². The molecule has 0 saturated carbocycles. The summed E-state index contributed by atoms with van der Waals surface area (Å²) in [5.41, 5.74) is 4.99. The molecule has 108 valence electrons. The highest BCUT2D eigenvalue weighted by molar-refractivity contribution is 6.26. The summed E-state index contributed by atoms with van der Waals surface area (Å²) in [6.45, 7) is 6.17. The first-order valence-corrected chi connectivity index (χ1v) is 7.18. The van der Waals surface area contributed by atoms with Gasteiger partial charge in [-0.05, 0) is 35.6 Å². The molecule has 2 heteroatoms.